The van der Waals surface area contributed by atoms with Gasteiger partial charge >= 0.3 is 0 Å². The molecule has 0 saturated carbocycles. The second-order valence-electron chi connectivity index (χ2n) is 2.83. The molecule has 0 aromatic heterocycles. The highest BCUT2D eigenvalue weighted by atomic mass is 16.5. The second kappa shape index (κ2) is 5.31. The Hall–Kier alpha value is -1.62. The molecule has 0 saturated heterocycles. The van der Waals surface area contributed by atoms with E-state index >= 15 is 0 Å². The van der Waals surface area contributed by atoms with Crippen LogP contribution < -0.4 is 19.9 Å². The lowest BCUT2D eigenvalue weighted by molar-refractivity contribution is 0.191. The van der Waals surface area contributed by atoms with Crippen molar-refractivity contribution in [2.45, 2.75) is 0 Å². The van der Waals surface area contributed by atoms with Crippen LogP contribution in [0.25, 0.3) is 0 Å². The van der Waals surface area contributed by atoms with Gasteiger partial charge in [-0.1, -0.05) is 0 Å². The fourth-order valence-electron chi connectivity index (χ4n) is 1.19. The maximum atomic E-state index is 8.68. The lowest BCUT2D eigenvalue weighted by Crippen LogP contribution is -2.05. The van der Waals surface area contributed by atoms with Crippen molar-refractivity contribution in [1.29, 1.82) is 0 Å². The largest absolute Gasteiger partial charge is 0.493 e. The number of rotatable bonds is 5. The number of methoxy groups -OCH3 is 2. The summed E-state index contributed by atoms with van der Waals surface area (Å²) in [5.41, 5.74) is 6.17. The summed E-state index contributed by atoms with van der Waals surface area (Å²) >= 11 is 0. The Bertz CT molecular complexity index is 302. The van der Waals surface area contributed by atoms with Gasteiger partial charge in [-0.05, 0) is 0 Å². The van der Waals surface area contributed by atoms with Gasteiger partial charge in [0.05, 0.1) is 20.8 Å². The fraction of sp³-hybridized carbons (Fsp3) is 0.400. The van der Waals surface area contributed by atoms with E-state index in [1.807, 2.05) is 0 Å². The Kier molecular flexibility index (Phi) is 4.05. The summed E-state index contributed by atoms with van der Waals surface area (Å²) in [6.07, 6.45) is 0. The van der Waals surface area contributed by atoms with Crippen LogP contribution in [0.5, 0.6) is 17.2 Å². The van der Waals surface area contributed by atoms with Gasteiger partial charge in [0.25, 0.3) is 0 Å². The summed E-state index contributed by atoms with van der Waals surface area (Å²) in [6.45, 7) is 0.104. The molecule has 1 aromatic rings. The van der Waals surface area contributed by atoms with Gasteiger partial charge in [0.1, 0.15) is 6.61 Å². The molecule has 0 aliphatic rings. The number of anilines is 1. The fourth-order valence-corrected chi connectivity index (χ4v) is 1.19. The molecule has 5 nitrogen and oxygen atoms in total. The zero-order valence-electron chi connectivity index (χ0n) is 8.82. The second-order valence-corrected chi connectivity index (χ2v) is 2.83. The maximum absolute atomic E-state index is 8.68. The van der Waals surface area contributed by atoms with Gasteiger partial charge in [-0.3, -0.25) is 0 Å². The Morgan fingerprint density at radius 3 is 2.13 bits per heavy atom. The third-order valence-corrected chi connectivity index (χ3v) is 1.82. The molecule has 0 unspecified atom stereocenters. The highest BCUT2D eigenvalue weighted by molar-refractivity contribution is 5.60. The molecular weight excluding hydrogens is 198 g/mol. The number of aliphatic hydroxyl groups is 1. The van der Waals surface area contributed by atoms with E-state index in [0.717, 1.165) is 0 Å². The molecule has 5 heteroatoms. The van der Waals surface area contributed by atoms with Gasteiger partial charge in [0.2, 0.25) is 5.75 Å². The lowest BCUT2D eigenvalue weighted by atomic mass is 10.2. The Morgan fingerprint density at radius 1 is 1.20 bits per heavy atom. The monoisotopic (exact) mass is 213 g/mol. The summed E-state index contributed by atoms with van der Waals surface area (Å²) in [6, 6.07) is 3.27. The van der Waals surface area contributed by atoms with E-state index in [0.29, 0.717) is 22.9 Å². The van der Waals surface area contributed by atoms with Crippen molar-refractivity contribution < 1.29 is 19.3 Å². The highest BCUT2D eigenvalue weighted by Crippen LogP contribution is 2.39. The summed E-state index contributed by atoms with van der Waals surface area (Å²) in [5, 5.41) is 8.68. The van der Waals surface area contributed by atoms with E-state index in [4.69, 9.17) is 25.1 Å². The van der Waals surface area contributed by atoms with E-state index in [1.165, 1.54) is 14.2 Å². The number of benzene rings is 1. The van der Waals surface area contributed by atoms with Crippen LogP contribution in [0.3, 0.4) is 0 Å². The predicted molar refractivity (Wildman–Crippen MR) is 56.5 cm³/mol. The van der Waals surface area contributed by atoms with Crippen LogP contribution in [0, 0.1) is 0 Å². The quantitative estimate of drug-likeness (QED) is 0.703. The zero-order chi connectivity index (χ0) is 11.3. The van der Waals surface area contributed by atoms with Crippen molar-refractivity contribution in [3.63, 3.8) is 0 Å². The van der Waals surface area contributed by atoms with E-state index in [9.17, 15) is 0 Å². The van der Waals surface area contributed by atoms with E-state index in [1.54, 1.807) is 12.1 Å². The first kappa shape index (κ1) is 11.5. The number of hydrogen-bond acceptors (Lipinski definition) is 5. The molecule has 0 spiro atoms. The Labute approximate surface area is 88.4 Å². The van der Waals surface area contributed by atoms with Crippen LogP contribution in [0.1, 0.15) is 0 Å². The smallest absolute Gasteiger partial charge is 0.203 e. The predicted octanol–water partition coefficient (Wildman–Crippen LogP) is 0.657. The average Bonchev–Trinajstić information content (AvgIpc) is 2.26. The summed E-state index contributed by atoms with van der Waals surface area (Å²) < 4.78 is 15.5. The van der Waals surface area contributed by atoms with Gasteiger partial charge in [-0.2, -0.15) is 0 Å². The average molecular weight is 213 g/mol. The SMILES string of the molecule is COc1cc(N)cc(OC)c1OCCO. The van der Waals surface area contributed by atoms with Gasteiger partial charge in [-0.15, -0.1) is 0 Å². The van der Waals surface area contributed by atoms with Crippen molar-refractivity contribution >= 4 is 5.69 Å². The Balaban J connectivity index is 3.06. The molecule has 0 fully saturated rings. The molecule has 0 bridgehead atoms. The molecule has 84 valence electrons. The van der Waals surface area contributed by atoms with Crippen molar-refractivity contribution in [1.82, 2.24) is 0 Å². The standard InChI is InChI=1S/C10H15NO4/c1-13-8-5-7(11)6-9(14-2)10(8)15-4-3-12/h5-6,12H,3-4,11H2,1-2H3. The summed E-state index contributed by atoms with van der Waals surface area (Å²) in [5.74, 6) is 1.42. The summed E-state index contributed by atoms with van der Waals surface area (Å²) in [4.78, 5) is 0. The molecule has 0 heterocycles. The Morgan fingerprint density at radius 2 is 1.73 bits per heavy atom. The molecule has 0 amide bonds. The minimum Gasteiger partial charge on any atom is -0.493 e. The third-order valence-electron chi connectivity index (χ3n) is 1.82. The molecule has 0 radical (unpaired) electrons. The van der Waals surface area contributed by atoms with Crippen LogP contribution in [0.2, 0.25) is 0 Å². The van der Waals surface area contributed by atoms with Crippen LogP contribution >= 0.6 is 0 Å². The molecule has 0 aliphatic heterocycles. The number of ether oxygens (including phenoxy) is 3. The zero-order valence-corrected chi connectivity index (χ0v) is 8.82. The van der Waals surface area contributed by atoms with E-state index in [2.05, 4.69) is 0 Å². The summed E-state index contributed by atoms with van der Waals surface area (Å²) in [7, 11) is 3.03. The molecule has 0 atom stereocenters. The minimum atomic E-state index is -0.0727. The molecule has 1 rings (SSSR count). The van der Waals surface area contributed by atoms with E-state index < -0.39 is 0 Å². The van der Waals surface area contributed by atoms with Gasteiger partial charge in [-0.25, -0.2) is 0 Å². The van der Waals surface area contributed by atoms with Gasteiger partial charge in [0.15, 0.2) is 11.5 Å². The molecular formula is C10H15NO4. The molecule has 0 aliphatic carbocycles. The first-order chi connectivity index (χ1) is 7.22. The van der Waals surface area contributed by atoms with Crippen molar-refractivity contribution in [2.24, 2.45) is 0 Å². The van der Waals surface area contributed by atoms with Crippen LogP contribution in [-0.2, 0) is 0 Å². The number of hydrogen-bond donors (Lipinski definition) is 2. The first-order valence-electron chi connectivity index (χ1n) is 4.48. The van der Waals surface area contributed by atoms with E-state index in [-0.39, 0.29) is 13.2 Å². The van der Waals surface area contributed by atoms with Crippen LogP contribution in [0.4, 0.5) is 5.69 Å². The van der Waals surface area contributed by atoms with Gasteiger partial charge in [0, 0.05) is 17.8 Å². The minimum absolute atomic E-state index is 0.0727. The van der Waals surface area contributed by atoms with Crippen LogP contribution in [0.15, 0.2) is 12.1 Å². The van der Waals surface area contributed by atoms with Gasteiger partial charge < -0.3 is 25.1 Å². The van der Waals surface area contributed by atoms with Crippen molar-refractivity contribution in [2.75, 3.05) is 33.2 Å². The van der Waals surface area contributed by atoms with Crippen molar-refractivity contribution in [3.8, 4) is 17.2 Å². The first-order valence-corrected chi connectivity index (χ1v) is 4.48. The lowest BCUT2D eigenvalue weighted by Gasteiger charge is -2.14. The number of aliphatic hydroxyl groups excluding tert-OH is 1. The molecule has 15 heavy (non-hydrogen) atoms. The number of nitrogen functional groups attached to an aromatic ring is 1. The maximum Gasteiger partial charge on any atom is 0.203 e. The third kappa shape index (κ3) is 2.66. The normalized spacial score (nSPS) is 9.80. The topological polar surface area (TPSA) is 73.9 Å². The van der Waals surface area contributed by atoms with Crippen LogP contribution in [-0.4, -0.2) is 32.5 Å². The highest BCUT2D eigenvalue weighted by Gasteiger charge is 2.12. The number of nitrogens with two attached hydrogens (primary N) is 1. The van der Waals surface area contributed by atoms with Crippen molar-refractivity contribution in [3.05, 3.63) is 12.1 Å². The molecule has 3 N–H and O–H groups in total. The molecule has 1 aromatic carbocycles.